The summed E-state index contributed by atoms with van der Waals surface area (Å²) in [5, 5.41) is 4.91. The lowest BCUT2D eigenvalue weighted by Crippen LogP contribution is -3.15. The number of urea groups is 1. The van der Waals surface area contributed by atoms with Gasteiger partial charge in [0.1, 0.15) is 17.5 Å². The first kappa shape index (κ1) is 22.4. The first-order valence-electron chi connectivity index (χ1n) is 11.1. The van der Waals surface area contributed by atoms with Crippen LogP contribution >= 0.6 is 11.3 Å². The predicted octanol–water partition coefficient (Wildman–Crippen LogP) is 1.88. The number of ketones is 2. The van der Waals surface area contributed by atoms with Crippen LogP contribution in [-0.4, -0.2) is 68.0 Å². The van der Waals surface area contributed by atoms with Gasteiger partial charge >= 0.3 is 6.03 Å². The van der Waals surface area contributed by atoms with Crippen LogP contribution < -0.4 is 10.2 Å². The Balaban J connectivity index is 1.17. The van der Waals surface area contributed by atoms with Gasteiger partial charge in [0.05, 0.1) is 39.3 Å². The smallest absolute Gasteiger partial charge is 0.322 e. The number of anilines is 1. The van der Waals surface area contributed by atoms with E-state index < -0.39 is 5.92 Å². The topological polar surface area (TPSA) is 83.3 Å². The van der Waals surface area contributed by atoms with Gasteiger partial charge in [0.15, 0.2) is 0 Å². The van der Waals surface area contributed by atoms with Crippen LogP contribution in [0.15, 0.2) is 52.8 Å². The molecule has 32 heavy (non-hydrogen) atoms. The van der Waals surface area contributed by atoms with Gasteiger partial charge in [-0.15, -0.1) is 11.3 Å². The zero-order chi connectivity index (χ0) is 22.3. The number of rotatable bonds is 6. The number of amides is 2. The number of piperazine rings is 1. The molecule has 2 aliphatic rings. The number of hydrogen-bond donors (Lipinski definition) is 2. The van der Waals surface area contributed by atoms with Crippen molar-refractivity contribution in [2.24, 2.45) is 10.9 Å². The molecule has 0 bridgehead atoms. The molecule has 1 aromatic heterocycles. The Bertz CT molecular complexity index is 935. The highest BCUT2D eigenvalue weighted by molar-refractivity contribution is 7.10. The molecule has 2 amide bonds. The summed E-state index contributed by atoms with van der Waals surface area (Å²) in [4.78, 5) is 46.1. The maximum Gasteiger partial charge on any atom is 0.322 e. The minimum absolute atomic E-state index is 0.0196. The summed E-state index contributed by atoms with van der Waals surface area (Å²) in [6.07, 6.45) is 2.40. The Morgan fingerprint density at radius 3 is 2.47 bits per heavy atom. The first-order valence-corrected chi connectivity index (χ1v) is 12.0. The van der Waals surface area contributed by atoms with E-state index in [4.69, 9.17) is 0 Å². The standard InChI is InChI=1S/C24H28N4O3S/c29-21-15-18(23-7-4-14-32-23)16-22(30)20(21)17-25-8-9-27-10-12-28(13-11-27)24(31)26-19-5-2-1-3-6-19/h1-7,14,17-18,20H,8-13,15-16H2,(H,26,31)/p+1. The maximum absolute atomic E-state index is 12.5. The monoisotopic (exact) mass is 453 g/mol. The molecule has 0 atom stereocenters. The van der Waals surface area contributed by atoms with Gasteiger partial charge in [0, 0.05) is 35.5 Å². The lowest BCUT2D eigenvalue weighted by atomic mass is 9.80. The number of nitrogens with zero attached hydrogens (tertiary/aromatic N) is 2. The molecule has 2 aromatic rings. The van der Waals surface area contributed by atoms with E-state index in [0.29, 0.717) is 32.5 Å². The maximum atomic E-state index is 12.5. The molecule has 0 radical (unpaired) electrons. The van der Waals surface area contributed by atoms with E-state index in [9.17, 15) is 14.4 Å². The molecule has 1 saturated carbocycles. The van der Waals surface area contributed by atoms with E-state index in [-0.39, 0.29) is 23.5 Å². The number of benzene rings is 1. The van der Waals surface area contributed by atoms with Gasteiger partial charge in [-0.05, 0) is 23.6 Å². The van der Waals surface area contributed by atoms with Gasteiger partial charge in [-0.2, -0.15) is 0 Å². The Morgan fingerprint density at radius 1 is 1.09 bits per heavy atom. The van der Waals surface area contributed by atoms with Crippen molar-refractivity contribution >= 4 is 40.8 Å². The minimum atomic E-state index is -0.681. The zero-order valence-electron chi connectivity index (χ0n) is 18.0. The normalized spacial score (nSPS) is 22.4. The highest BCUT2D eigenvalue weighted by Gasteiger charge is 2.35. The number of para-hydroxylation sites is 1. The van der Waals surface area contributed by atoms with Gasteiger partial charge in [-0.25, -0.2) is 4.79 Å². The summed E-state index contributed by atoms with van der Waals surface area (Å²) in [7, 11) is 0. The van der Waals surface area contributed by atoms with E-state index in [1.807, 2.05) is 52.7 Å². The van der Waals surface area contributed by atoms with E-state index in [1.165, 1.54) is 4.90 Å². The van der Waals surface area contributed by atoms with Crippen LogP contribution in [0.2, 0.25) is 0 Å². The van der Waals surface area contributed by atoms with Gasteiger partial charge in [0.2, 0.25) is 0 Å². The van der Waals surface area contributed by atoms with Gasteiger partial charge in [0.25, 0.3) is 0 Å². The van der Waals surface area contributed by atoms with Crippen LogP contribution in [0, 0.1) is 5.92 Å². The lowest BCUT2D eigenvalue weighted by molar-refractivity contribution is -0.902. The zero-order valence-corrected chi connectivity index (χ0v) is 18.9. The molecule has 2 heterocycles. The van der Waals surface area contributed by atoms with Crippen LogP contribution in [-0.2, 0) is 9.59 Å². The molecule has 168 valence electrons. The van der Waals surface area contributed by atoms with Crippen molar-refractivity contribution in [2.45, 2.75) is 18.8 Å². The summed E-state index contributed by atoms with van der Waals surface area (Å²) in [5.41, 5.74) is 0.801. The molecule has 1 aromatic carbocycles. The average molecular weight is 454 g/mol. The van der Waals surface area contributed by atoms with Crippen LogP contribution in [0.4, 0.5) is 10.5 Å². The van der Waals surface area contributed by atoms with Crippen LogP contribution in [0.3, 0.4) is 0 Å². The largest absolute Gasteiger partial charge is 0.330 e. The molecule has 8 heteroatoms. The summed E-state index contributed by atoms with van der Waals surface area (Å²) in [5.74, 6) is -0.693. The molecule has 7 nitrogen and oxygen atoms in total. The summed E-state index contributed by atoms with van der Waals surface area (Å²) < 4.78 is 0. The second-order valence-electron chi connectivity index (χ2n) is 8.37. The van der Waals surface area contributed by atoms with Crippen molar-refractivity contribution < 1.29 is 19.3 Å². The number of carbonyl (C=O) groups is 3. The van der Waals surface area contributed by atoms with Gasteiger partial charge in [-0.1, -0.05) is 24.3 Å². The number of nitrogens with one attached hydrogen (secondary N) is 2. The molecule has 0 spiro atoms. The molecule has 4 rings (SSSR count). The van der Waals surface area contributed by atoms with Crippen molar-refractivity contribution in [3.63, 3.8) is 0 Å². The van der Waals surface area contributed by atoms with E-state index in [0.717, 1.165) is 30.2 Å². The Kier molecular flexibility index (Phi) is 7.44. The molecule has 2 fully saturated rings. The lowest BCUT2D eigenvalue weighted by Gasteiger charge is -2.32. The minimum Gasteiger partial charge on any atom is -0.330 e. The fourth-order valence-electron chi connectivity index (χ4n) is 4.29. The van der Waals surface area contributed by atoms with Gasteiger partial charge in [-0.3, -0.25) is 14.6 Å². The number of quaternary nitrogens is 1. The van der Waals surface area contributed by atoms with Crippen LogP contribution in [0.1, 0.15) is 23.6 Å². The summed E-state index contributed by atoms with van der Waals surface area (Å²) >= 11 is 1.60. The highest BCUT2D eigenvalue weighted by Crippen LogP contribution is 2.33. The van der Waals surface area contributed by atoms with Crippen molar-refractivity contribution in [3.8, 4) is 0 Å². The fourth-order valence-corrected chi connectivity index (χ4v) is 5.12. The fraction of sp³-hybridized carbons (Fsp3) is 0.417. The molecule has 2 N–H and O–H groups in total. The number of aliphatic imine (C=N–C) groups is 1. The molecule has 0 unspecified atom stereocenters. The van der Waals surface area contributed by atoms with Crippen molar-refractivity contribution in [1.82, 2.24) is 4.90 Å². The Hall–Kier alpha value is -2.84. The molecular weight excluding hydrogens is 424 g/mol. The predicted molar refractivity (Wildman–Crippen MR) is 126 cm³/mol. The Morgan fingerprint density at radius 2 is 1.81 bits per heavy atom. The average Bonchev–Trinajstić information content (AvgIpc) is 3.34. The molecule has 1 aliphatic heterocycles. The van der Waals surface area contributed by atoms with Crippen molar-refractivity contribution in [3.05, 3.63) is 52.7 Å². The Labute approximate surface area is 192 Å². The SMILES string of the molecule is O=C1CC(c2cccs2)CC(=O)C1C=NCC[NH+]1CCN(C(=O)Nc2ccccc2)CC1. The first-order chi connectivity index (χ1) is 15.6. The third-order valence-electron chi connectivity index (χ3n) is 6.17. The number of Topliss-reactive ketones (excluding diaryl/α,β-unsaturated/α-hetero) is 2. The van der Waals surface area contributed by atoms with Crippen LogP contribution in [0.5, 0.6) is 0 Å². The molecular formula is C24H29N4O3S+. The molecule has 1 aliphatic carbocycles. The van der Waals surface area contributed by atoms with Crippen LogP contribution in [0.25, 0.3) is 0 Å². The van der Waals surface area contributed by atoms with E-state index in [2.05, 4.69) is 10.3 Å². The number of hydrogen-bond acceptors (Lipinski definition) is 5. The quantitative estimate of drug-likeness (QED) is 0.518. The summed E-state index contributed by atoms with van der Waals surface area (Å²) in [6, 6.07) is 13.4. The number of carbonyl (C=O) groups excluding carboxylic acids is 3. The second kappa shape index (κ2) is 10.7. The van der Waals surface area contributed by atoms with Gasteiger partial charge < -0.3 is 15.1 Å². The highest BCUT2D eigenvalue weighted by atomic mass is 32.1. The summed E-state index contributed by atoms with van der Waals surface area (Å²) in [6.45, 7) is 4.53. The molecule has 1 saturated heterocycles. The third kappa shape index (κ3) is 5.69. The van der Waals surface area contributed by atoms with Crippen molar-refractivity contribution in [2.75, 3.05) is 44.6 Å². The second-order valence-corrected chi connectivity index (χ2v) is 9.35. The third-order valence-corrected chi connectivity index (χ3v) is 7.20. The van der Waals surface area contributed by atoms with Crippen molar-refractivity contribution in [1.29, 1.82) is 0 Å². The van der Waals surface area contributed by atoms with E-state index >= 15 is 0 Å². The van der Waals surface area contributed by atoms with E-state index in [1.54, 1.807) is 17.6 Å². The number of thiophene rings is 1.